The van der Waals surface area contributed by atoms with Crippen LogP contribution in [0.4, 0.5) is 0 Å². The van der Waals surface area contributed by atoms with Gasteiger partial charge in [0.25, 0.3) is 0 Å². The molecule has 3 fully saturated rings. The van der Waals surface area contributed by atoms with E-state index in [4.69, 9.17) is 0 Å². The summed E-state index contributed by atoms with van der Waals surface area (Å²) < 4.78 is 0. The van der Waals surface area contributed by atoms with Crippen LogP contribution in [-0.2, 0) is 0 Å². The third kappa shape index (κ3) is 5.45. The minimum atomic E-state index is 0.0557. The normalized spacial score (nSPS) is 29.1. The van der Waals surface area contributed by atoms with E-state index >= 15 is 0 Å². The smallest absolute Gasteiger partial charge is 0.139 e. The van der Waals surface area contributed by atoms with Crippen molar-refractivity contribution in [1.29, 1.82) is 0 Å². The quantitative estimate of drug-likeness (QED) is 0.134. The molecule has 6 heterocycles. The van der Waals surface area contributed by atoms with Crippen LogP contribution in [0.25, 0.3) is 44.5 Å². The fourth-order valence-electron chi connectivity index (χ4n) is 12.1. The van der Waals surface area contributed by atoms with Crippen molar-refractivity contribution >= 4 is 0 Å². The Hall–Kier alpha value is -7.32. The maximum absolute atomic E-state index is 3.81. The zero-order valence-corrected chi connectivity index (χ0v) is 34.2. The molecular weight excluding hydrogens is 761 g/mol. The predicted molar refractivity (Wildman–Crippen MR) is 247 cm³/mol. The molecule has 13 rings (SSSR count). The van der Waals surface area contributed by atoms with Crippen molar-refractivity contribution in [3.05, 3.63) is 218 Å². The summed E-state index contributed by atoms with van der Waals surface area (Å²) in [6, 6.07) is 59.0. The second-order valence-corrected chi connectivity index (χ2v) is 17.7. The Balaban J connectivity index is 1.09. The van der Waals surface area contributed by atoms with E-state index in [9.17, 15) is 0 Å². The van der Waals surface area contributed by atoms with Crippen LogP contribution in [0.5, 0.6) is 0 Å². The second kappa shape index (κ2) is 14.1. The molecule has 4 N–H and O–H groups in total. The van der Waals surface area contributed by atoms with E-state index in [0.717, 1.165) is 0 Å². The van der Waals surface area contributed by atoms with Gasteiger partial charge in [-0.3, -0.25) is 0 Å². The van der Waals surface area contributed by atoms with E-state index in [1.165, 1.54) is 55.6 Å². The third-order valence-corrected chi connectivity index (χ3v) is 14.6. The number of hydrogen-bond acceptors (Lipinski definition) is 8. The van der Waals surface area contributed by atoms with Crippen molar-refractivity contribution in [2.75, 3.05) is 0 Å². The molecule has 0 spiro atoms. The summed E-state index contributed by atoms with van der Waals surface area (Å²) in [6.07, 6.45) is 18.3. The molecule has 62 heavy (non-hydrogen) atoms. The molecule has 0 bridgehead atoms. The number of hydrogen-bond donors (Lipinski definition) is 4. The van der Waals surface area contributed by atoms with Gasteiger partial charge in [-0.25, -0.2) is 0 Å². The lowest BCUT2D eigenvalue weighted by Crippen LogP contribution is -2.80. The molecule has 6 aromatic rings. The first-order valence-electron chi connectivity index (χ1n) is 22.1. The van der Waals surface area contributed by atoms with Crippen molar-refractivity contribution in [2.24, 2.45) is 0 Å². The van der Waals surface area contributed by atoms with Crippen molar-refractivity contribution in [2.45, 2.75) is 60.7 Å². The van der Waals surface area contributed by atoms with Crippen LogP contribution in [0.1, 0.15) is 23.0 Å². The van der Waals surface area contributed by atoms with Gasteiger partial charge in [0, 0.05) is 61.4 Å². The first-order chi connectivity index (χ1) is 30.8. The van der Waals surface area contributed by atoms with Gasteiger partial charge in [-0.1, -0.05) is 146 Å². The lowest BCUT2D eigenvalue weighted by Gasteiger charge is -2.67. The summed E-state index contributed by atoms with van der Waals surface area (Å²) in [7, 11) is 0. The first-order valence-corrected chi connectivity index (χ1v) is 22.1. The Labute approximate surface area is 363 Å². The Bertz CT molecular complexity index is 2380. The number of benzene rings is 6. The molecule has 0 aromatic heterocycles. The van der Waals surface area contributed by atoms with Gasteiger partial charge >= 0.3 is 0 Å². The summed E-state index contributed by atoms with van der Waals surface area (Å²) in [4.78, 5) is 10.7. The number of fused-ring (bicyclic) bond motifs is 12. The van der Waals surface area contributed by atoms with Gasteiger partial charge in [-0.05, 0) is 67.8 Å². The van der Waals surface area contributed by atoms with E-state index in [2.05, 4.69) is 248 Å². The van der Waals surface area contributed by atoms with Crippen molar-refractivity contribution in [1.82, 2.24) is 40.9 Å². The highest BCUT2D eigenvalue weighted by molar-refractivity contribution is 5.76. The molecule has 0 amide bonds. The minimum Gasteiger partial charge on any atom is -0.367 e. The highest BCUT2D eigenvalue weighted by Crippen LogP contribution is 2.56. The highest BCUT2D eigenvalue weighted by Gasteiger charge is 2.66. The van der Waals surface area contributed by atoms with Gasteiger partial charge in [0.05, 0.1) is 24.2 Å². The summed E-state index contributed by atoms with van der Waals surface area (Å²) >= 11 is 0. The summed E-state index contributed by atoms with van der Waals surface area (Å²) in [5.41, 5.74) is 12.6. The fourth-order valence-corrected chi connectivity index (χ4v) is 12.1. The monoisotopic (exact) mass is 808 g/mol. The van der Waals surface area contributed by atoms with Crippen molar-refractivity contribution < 1.29 is 0 Å². The lowest BCUT2D eigenvalue weighted by molar-refractivity contribution is -0.123. The SMILES string of the molecule is C1=CN2C(N1)C1NC=CN1C1C(c3cc(-c4ccccc4)cc(-c4ccccc4)c3)C3C(C(c4cc(-c5ccccc5)cc(-c5ccccc5)c4)C12)N1C=CNC1C1NC=CN13. The summed E-state index contributed by atoms with van der Waals surface area (Å²) in [6.45, 7) is 0. The molecule has 0 radical (unpaired) electrons. The molecule has 8 atom stereocenters. The zero-order valence-electron chi connectivity index (χ0n) is 34.2. The molecular formula is C54H48N8. The molecule has 8 heteroatoms. The van der Waals surface area contributed by atoms with Crippen LogP contribution in [0.15, 0.2) is 207 Å². The molecule has 1 saturated carbocycles. The van der Waals surface area contributed by atoms with Crippen molar-refractivity contribution in [3.63, 3.8) is 0 Å². The number of nitrogens with one attached hydrogen (secondary N) is 4. The van der Waals surface area contributed by atoms with Crippen LogP contribution in [-0.4, -0.2) is 68.4 Å². The van der Waals surface area contributed by atoms with Gasteiger partial charge in [0.1, 0.15) is 24.7 Å². The molecule has 7 aliphatic rings. The Morgan fingerprint density at radius 1 is 0.274 bits per heavy atom. The topological polar surface area (TPSA) is 61.1 Å². The third-order valence-electron chi connectivity index (χ3n) is 14.6. The molecule has 1 aliphatic carbocycles. The summed E-state index contributed by atoms with van der Waals surface area (Å²) in [5, 5.41) is 15.2. The molecule has 6 aliphatic heterocycles. The van der Waals surface area contributed by atoms with Gasteiger partial charge < -0.3 is 40.9 Å². The Kier molecular flexibility index (Phi) is 8.08. The Morgan fingerprint density at radius 3 is 0.758 bits per heavy atom. The van der Waals surface area contributed by atoms with Crippen LogP contribution < -0.4 is 21.3 Å². The zero-order chi connectivity index (χ0) is 40.7. The van der Waals surface area contributed by atoms with Gasteiger partial charge in [-0.2, -0.15) is 0 Å². The van der Waals surface area contributed by atoms with E-state index in [1.807, 2.05) is 0 Å². The Morgan fingerprint density at radius 2 is 0.516 bits per heavy atom. The van der Waals surface area contributed by atoms with E-state index in [0.29, 0.717) is 0 Å². The first kappa shape index (κ1) is 35.4. The van der Waals surface area contributed by atoms with Crippen LogP contribution in [0.2, 0.25) is 0 Å². The molecule has 6 aromatic carbocycles. The standard InChI is InChI=1S/C54H48N8/c1-5-13-35(14-6-1)39-29-40(36-15-7-2-8-16-36)32-43(31-39)45-47-49(61-27-23-57-53(61)51-55-21-25-59(47)51)46(50-48(45)60-26-22-56-52(60)54-58-24-28-62(50)54)44-33-41(37-17-9-3-10-18-37)30-42(34-44)38-19-11-4-12-20-38/h1-34,45-58H. The van der Waals surface area contributed by atoms with Crippen molar-refractivity contribution in [3.8, 4) is 44.5 Å². The number of nitrogens with zero attached hydrogens (tertiary/aromatic N) is 4. The highest BCUT2D eigenvalue weighted by atomic mass is 15.5. The average molecular weight is 809 g/mol. The average Bonchev–Trinajstić information content (AvgIpc) is 4.19. The molecule has 304 valence electrons. The maximum atomic E-state index is 3.81. The van der Waals surface area contributed by atoms with E-state index in [-0.39, 0.29) is 60.7 Å². The van der Waals surface area contributed by atoms with E-state index in [1.54, 1.807) is 0 Å². The fraction of sp³-hybridized carbons (Fsp3) is 0.185. The second-order valence-electron chi connectivity index (χ2n) is 17.7. The van der Waals surface area contributed by atoms with Crippen LogP contribution in [0.3, 0.4) is 0 Å². The van der Waals surface area contributed by atoms with Gasteiger partial charge in [-0.15, -0.1) is 0 Å². The predicted octanol–water partition coefficient (Wildman–Crippen LogP) is 8.55. The van der Waals surface area contributed by atoms with Crippen LogP contribution >= 0.6 is 0 Å². The minimum absolute atomic E-state index is 0.0557. The summed E-state index contributed by atoms with van der Waals surface area (Å²) in [5.74, 6) is 0.171. The molecule has 8 unspecified atom stereocenters. The van der Waals surface area contributed by atoms with Gasteiger partial charge in [0.15, 0.2) is 0 Å². The number of piperazine rings is 2. The lowest BCUT2D eigenvalue weighted by atomic mass is 9.60. The molecule has 2 saturated heterocycles. The van der Waals surface area contributed by atoms with E-state index < -0.39 is 0 Å². The molecule has 8 nitrogen and oxygen atoms in total. The largest absolute Gasteiger partial charge is 0.367 e. The van der Waals surface area contributed by atoms with Crippen LogP contribution in [0, 0.1) is 0 Å². The number of rotatable bonds is 6. The van der Waals surface area contributed by atoms with Gasteiger partial charge in [0.2, 0.25) is 0 Å². The maximum Gasteiger partial charge on any atom is 0.139 e.